The van der Waals surface area contributed by atoms with Crippen LogP contribution in [0.4, 0.5) is 5.82 Å². The minimum Gasteiger partial charge on any atom is -0.346 e. The van der Waals surface area contributed by atoms with E-state index in [2.05, 4.69) is 27.8 Å². The van der Waals surface area contributed by atoms with Gasteiger partial charge < -0.3 is 4.98 Å². The lowest BCUT2D eigenvalue weighted by molar-refractivity contribution is 0.341. The Bertz CT molecular complexity index is 710. The summed E-state index contributed by atoms with van der Waals surface area (Å²) in [6.45, 7) is 3.77. The van der Waals surface area contributed by atoms with Crippen LogP contribution in [0.5, 0.6) is 0 Å². The standard InChI is InChI=1S/C17H20N6/c1-20-15(13-6-4-12(5-7-13)3-2-9-18)16-14-8-10-21-17(14)22-11-23(16)19/h2-3,8,10-13,21H,1,4-7,19H2/b3-2+,16-15-/t12-,13-. The molecule has 0 aromatic carbocycles. The highest BCUT2D eigenvalue weighted by Gasteiger charge is 2.28. The molecule has 1 aromatic rings. The minimum absolute atomic E-state index is 0.328. The second-order valence-corrected chi connectivity index (χ2v) is 5.88. The summed E-state index contributed by atoms with van der Waals surface area (Å²) in [6.07, 6.45) is 11.2. The van der Waals surface area contributed by atoms with Gasteiger partial charge in [-0.15, -0.1) is 0 Å². The Hall–Kier alpha value is -2.65. The van der Waals surface area contributed by atoms with Crippen molar-refractivity contribution < 1.29 is 0 Å². The van der Waals surface area contributed by atoms with Crippen LogP contribution in [-0.4, -0.2) is 23.0 Å². The van der Waals surface area contributed by atoms with E-state index in [0.29, 0.717) is 11.8 Å². The summed E-state index contributed by atoms with van der Waals surface area (Å²) >= 11 is 0. The molecule has 0 spiro atoms. The van der Waals surface area contributed by atoms with Gasteiger partial charge in [-0.1, -0.05) is 6.08 Å². The van der Waals surface area contributed by atoms with E-state index in [0.717, 1.165) is 48.5 Å². The Morgan fingerprint density at radius 2 is 2.26 bits per heavy atom. The Kier molecular flexibility index (Phi) is 4.40. The fourth-order valence-electron chi connectivity index (χ4n) is 3.41. The lowest BCUT2D eigenvalue weighted by Crippen LogP contribution is -2.31. The van der Waals surface area contributed by atoms with Crippen LogP contribution in [0.2, 0.25) is 0 Å². The van der Waals surface area contributed by atoms with Crippen LogP contribution < -0.4 is 5.84 Å². The number of nitrogens with one attached hydrogen (secondary N) is 1. The normalized spacial score (nSPS) is 26.0. The molecule has 1 saturated carbocycles. The minimum atomic E-state index is 0.328. The van der Waals surface area contributed by atoms with Gasteiger partial charge in [-0.05, 0) is 44.4 Å². The molecule has 0 unspecified atom stereocenters. The first-order chi connectivity index (χ1) is 11.2. The van der Waals surface area contributed by atoms with Crippen molar-refractivity contribution in [3.05, 3.63) is 35.7 Å². The quantitative estimate of drug-likeness (QED) is 0.510. The van der Waals surface area contributed by atoms with Crippen molar-refractivity contribution in [2.75, 3.05) is 0 Å². The monoisotopic (exact) mass is 308 g/mol. The molecular weight excluding hydrogens is 288 g/mol. The van der Waals surface area contributed by atoms with Crippen LogP contribution in [0, 0.1) is 23.2 Å². The first-order valence-electron chi connectivity index (χ1n) is 7.77. The van der Waals surface area contributed by atoms with Gasteiger partial charge in [-0.25, -0.2) is 10.8 Å². The maximum atomic E-state index is 8.64. The number of fused-ring (bicyclic) bond motifs is 1. The van der Waals surface area contributed by atoms with Crippen LogP contribution in [-0.2, 0) is 0 Å². The van der Waals surface area contributed by atoms with Gasteiger partial charge in [0.25, 0.3) is 0 Å². The number of hydrazine groups is 1. The Labute approximate surface area is 135 Å². The number of rotatable bonds is 3. The summed E-state index contributed by atoms with van der Waals surface area (Å²) in [7, 11) is 0. The SMILES string of the molecule is C=N/C(=C1/c2cc[nH]c2N=CN1N)[C@H]1CC[C@H](/C=C/C#N)CC1. The second kappa shape index (κ2) is 6.63. The van der Waals surface area contributed by atoms with Gasteiger partial charge in [0, 0.05) is 23.8 Å². The molecule has 1 fully saturated rings. The highest BCUT2D eigenvalue weighted by Crippen LogP contribution is 2.40. The van der Waals surface area contributed by atoms with E-state index in [-0.39, 0.29) is 0 Å². The summed E-state index contributed by atoms with van der Waals surface area (Å²) < 4.78 is 0. The van der Waals surface area contributed by atoms with Gasteiger partial charge in [-0.2, -0.15) is 5.26 Å². The average Bonchev–Trinajstić information content (AvgIpc) is 3.05. The molecule has 23 heavy (non-hydrogen) atoms. The smallest absolute Gasteiger partial charge is 0.141 e. The molecular formula is C17H20N6. The van der Waals surface area contributed by atoms with Gasteiger partial charge in [0.05, 0.1) is 17.5 Å². The van der Waals surface area contributed by atoms with Crippen molar-refractivity contribution in [2.45, 2.75) is 25.7 Å². The summed E-state index contributed by atoms with van der Waals surface area (Å²) in [4.78, 5) is 11.7. The third kappa shape index (κ3) is 2.96. The number of hydrogen-bond acceptors (Lipinski definition) is 5. The molecule has 0 radical (unpaired) electrons. The number of allylic oxidation sites excluding steroid dienone is 3. The van der Waals surface area contributed by atoms with Gasteiger partial charge in [0.1, 0.15) is 12.2 Å². The number of aromatic amines is 1. The zero-order valence-corrected chi connectivity index (χ0v) is 12.9. The zero-order chi connectivity index (χ0) is 16.2. The third-order valence-electron chi connectivity index (χ3n) is 4.56. The summed E-state index contributed by atoms with van der Waals surface area (Å²) in [6, 6.07) is 4.03. The highest BCUT2D eigenvalue weighted by atomic mass is 15.4. The Morgan fingerprint density at radius 1 is 1.48 bits per heavy atom. The fraction of sp³-hybridized carbons (Fsp3) is 0.353. The van der Waals surface area contributed by atoms with Crippen LogP contribution in [0.25, 0.3) is 5.70 Å². The first-order valence-corrected chi connectivity index (χ1v) is 7.77. The zero-order valence-electron chi connectivity index (χ0n) is 12.9. The molecule has 118 valence electrons. The lowest BCUT2D eigenvalue weighted by Gasteiger charge is -2.30. The predicted molar refractivity (Wildman–Crippen MR) is 91.6 cm³/mol. The highest BCUT2D eigenvalue weighted by molar-refractivity contribution is 5.87. The van der Waals surface area contributed by atoms with Crippen LogP contribution in [0.1, 0.15) is 31.2 Å². The molecule has 6 heteroatoms. The largest absolute Gasteiger partial charge is 0.346 e. The third-order valence-corrected chi connectivity index (χ3v) is 4.56. The molecule has 0 atom stereocenters. The van der Waals surface area contributed by atoms with Gasteiger partial charge in [0.15, 0.2) is 0 Å². The number of aromatic nitrogens is 1. The van der Waals surface area contributed by atoms with Crippen molar-refractivity contribution in [3.63, 3.8) is 0 Å². The molecule has 1 aromatic heterocycles. The maximum Gasteiger partial charge on any atom is 0.141 e. The van der Waals surface area contributed by atoms with Crippen LogP contribution >= 0.6 is 0 Å². The lowest BCUT2D eigenvalue weighted by atomic mass is 9.79. The average molecular weight is 308 g/mol. The molecule has 2 aliphatic rings. The van der Waals surface area contributed by atoms with Crippen molar-refractivity contribution in [1.29, 1.82) is 5.26 Å². The van der Waals surface area contributed by atoms with Crippen LogP contribution in [0.15, 0.2) is 40.1 Å². The molecule has 2 heterocycles. The van der Waals surface area contributed by atoms with Crippen molar-refractivity contribution in [2.24, 2.45) is 27.7 Å². The Morgan fingerprint density at radius 3 is 2.96 bits per heavy atom. The van der Waals surface area contributed by atoms with Gasteiger partial charge in [0.2, 0.25) is 0 Å². The summed E-state index contributed by atoms with van der Waals surface area (Å²) in [5.41, 5.74) is 2.77. The Balaban J connectivity index is 1.86. The fourth-order valence-corrected chi connectivity index (χ4v) is 3.41. The number of nitriles is 1. The molecule has 0 amide bonds. The van der Waals surface area contributed by atoms with Gasteiger partial charge >= 0.3 is 0 Å². The van der Waals surface area contributed by atoms with Crippen molar-refractivity contribution in [3.8, 4) is 6.07 Å². The summed E-state index contributed by atoms with van der Waals surface area (Å²) in [5.74, 6) is 7.71. The second-order valence-electron chi connectivity index (χ2n) is 5.88. The molecule has 1 aliphatic carbocycles. The number of aliphatic imine (C=N–C) groups is 2. The number of hydrogen-bond donors (Lipinski definition) is 2. The first kappa shape index (κ1) is 15.3. The van der Waals surface area contributed by atoms with E-state index in [1.807, 2.05) is 18.3 Å². The molecule has 3 rings (SSSR count). The van der Waals surface area contributed by atoms with E-state index >= 15 is 0 Å². The number of nitrogens with two attached hydrogens (primary N) is 1. The molecule has 6 nitrogen and oxygen atoms in total. The molecule has 0 bridgehead atoms. The van der Waals surface area contributed by atoms with E-state index in [1.54, 1.807) is 12.4 Å². The van der Waals surface area contributed by atoms with E-state index in [1.165, 1.54) is 5.01 Å². The van der Waals surface area contributed by atoms with E-state index in [4.69, 9.17) is 11.1 Å². The molecule has 0 saturated heterocycles. The van der Waals surface area contributed by atoms with Crippen LogP contribution in [0.3, 0.4) is 0 Å². The molecule has 1 aliphatic heterocycles. The predicted octanol–water partition coefficient (Wildman–Crippen LogP) is 3.12. The van der Waals surface area contributed by atoms with Gasteiger partial charge in [-0.3, -0.25) is 10.0 Å². The van der Waals surface area contributed by atoms with E-state index in [9.17, 15) is 0 Å². The van der Waals surface area contributed by atoms with Crippen molar-refractivity contribution >= 4 is 24.6 Å². The number of H-pyrrole nitrogens is 1. The maximum absolute atomic E-state index is 8.64. The van der Waals surface area contributed by atoms with E-state index < -0.39 is 0 Å². The topological polar surface area (TPSA) is 93.6 Å². The number of nitrogens with zero attached hydrogens (tertiary/aromatic N) is 4. The van der Waals surface area contributed by atoms with Crippen molar-refractivity contribution in [1.82, 2.24) is 9.99 Å². The molecule has 3 N–H and O–H groups in total. The summed E-state index contributed by atoms with van der Waals surface area (Å²) in [5, 5.41) is 10.2.